The fourth-order valence-corrected chi connectivity index (χ4v) is 2.51. The molecule has 2 atom stereocenters. The van der Waals surface area contributed by atoms with E-state index in [0.29, 0.717) is 23.4 Å². The highest BCUT2D eigenvalue weighted by Crippen LogP contribution is 2.37. The first-order chi connectivity index (χ1) is 6.97. The first-order valence-corrected chi connectivity index (χ1v) is 6.22. The van der Waals surface area contributed by atoms with Crippen LogP contribution in [0.1, 0.15) is 47.0 Å². The smallest absolute Gasteiger partial charge is 0.0618 e. The molecular formula is C13H27NO. The lowest BCUT2D eigenvalue weighted by molar-refractivity contribution is 0.127. The Morgan fingerprint density at radius 1 is 1.40 bits per heavy atom. The Morgan fingerprint density at radius 2 is 2.07 bits per heavy atom. The minimum atomic E-state index is 0.459. The molecule has 90 valence electrons. The van der Waals surface area contributed by atoms with E-state index >= 15 is 0 Å². The van der Waals surface area contributed by atoms with Crippen LogP contribution in [-0.2, 0) is 4.74 Å². The highest BCUT2D eigenvalue weighted by Gasteiger charge is 2.35. The second-order valence-corrected chi connectivity index (χ2v) is 5.91. The van der Waals surface area contributed by atoms with Gasteiger partial charge in [0.1, 0.15) is 0 Å². The van der Waals surface area contributed by atoms with Crippen LogP contribution in [0.4, 0.5) is 0 Å². The lowest BCUT2D eigenvalue weighted by Crippen LogP contribution is -2.48. The minimum absolute atomic E-state index is 0.459. The Hall–Kier alpha value is -0.0800. The average molecular weight is 213 g/mol. The molecule has 0 heterocycles. The van der Waals surface area contributed by atoms with Crippen molar-refractivity contribution in [2.24, 2.45) is 11.3 Å². The van der Waals surface area contributed by atoms with E-state index in [9.17, 15) is 0 Å². The fraction of sp³-hybridized carbons (Fsp3) is 1.00. The maximum Gasteiger partial charge on any atom is 0.0618 e. The normalized spacial score (nSPS) is 27.2. The van der Waals surface area contributed by atoms with Crippen molar-refractivity contribution in [3.8, 4) is 0 Å². The summed E-state index contributed by atoms with van der Waals surface area (Å²) in [4.78, 5) is 0. The van der Waals surface area contributed by atoms with E-state index in [2.05, 4.69) is 33.0 Å². The summed E-state index contributed by atoms with van der Waals surface area (Å²) in [5.74, 6) is 0.640. The van der Waals surface area contributed by atoms with E-state index in [1.807, 2.05) is 0 Å². The molecule has 0 aromatic heterocycles. The predicted octanol–water partition coefficient (Wildman–Crippen LogP) is 2.83. The van der Waals surface area contributed by atoms with E-state index in [4.69, 9.17) is 4.74 Å². The molecule has 0 amide bonds. The monoisotopic (exact) mass is 213 g/mol. The van der Waals surface area contributed by atoms with E-state index in [0.717, 1.165) is 6.61 Å². The molecule has 15 heavy (non-hydrogen) atoms. The molecule has 0 saturated heterocycles. The second kappa shape index (κ2) is 5.31. The van der Waals surface area contributed by atoms with Gasteiger partial charge in [-0.15, -0.1) is 0 Å². The van der Waals surface area contributed by atoms with Crippen LogP contribution in [0.15, 0.2) is 0 Å². The molecular weight excluding hydrogens is 186 g/mol. The largest absolute Gasteiger partial charge is 0.383 e. The molecule has 1 aliphatic carbocycles. The van der Waals surface area contributed by atoms with E-state index in [1.54, 1.807) is 7.11 Å². The zero-order valence-corrected chi connectivity index (χ0v) is 11.0. The molecule has 0 aromatic rings. The van der Waals surface area contributed by atoms with Crippen LogP contribution >= 0.6 is 0 Å². The highest BCUT2D eigenvalue weighted by atomic mass is 16.5. The van der Waals surface area contributed by atoms with Crippen LogP contribution in [-0.4, -0.2) is 25.8 Å². The van der Waals surface area contributed by atoms with Crippen molar-refractivity contribution >= 4 is 0 Å². The number of nitrogens with one attached hydrogen (secondary N) is 1. The van der Waals surface area contributed by atoms with Gasteiger partial charge in [-0.1, -0.05) is 34.1 Å². The second-order valence-electron chi connectivity index (χ2n) is 5.91. The topological polar surface area (TPSA) is 21.3 Å². The zero-order chi connectivity index (χ0) is 11.5. The van der Waals surface area contributed by atoms with E-state index < -0.39 is 0 Å². The summed E-state index contributed by atoms with van der Waals surface area (Å²) in [7, 11) is 1.79. The van der Waals surface area contributed by atoms with Crippen LogP contribution < -0.4 is 5.32 Å². The van der Waals surface area contributed by atoms with Crippen molar-refractivity contribution in [3.63, 3.8) is 0 Å². The van der Waals surface area contributed by atoms with Gasteiger partial charge in [-0.25, -0.2) is 0 Å². The summed E-state index contributed by atoms with van der Waals surface area (Å²) in [5.41, 5.74) is 0.459. The van der Waals surface area contributed by atoms with Crippen molar-refractivity contribution < 1.29 is 4.74 Å². The van der Waals surface area contributed by atoms with Gasteiger partial charge < -0.3 is 10.1 Å². The summed E-state index contributed by atoms with van der Waals surface area (Å²) in [6.45, 7) is 10.1. The highest BCUT2D eigenvalue weighted by molar-refractivity contribution is 4.92. The SMILES string of the molecule is COCC(NC1CCCC1(C)C)C(C)C. The molecule has 1 fully saturated rings. The quantitative estimate of drug-likeness (QED) is 0.758. The van der Waals surface area contributed by atoms with Gasteiger partial charge in [-0.2, -0.15) is 0 Å². The van der Waals surface area contributed by atoms with Gasteiger partial charge >= 0.3 is 0 Å². The lowest BCUT2D eigenvalue weighted by atomic mass is 9.86. The maximum absolute atomic E-state index is 5.28. The van der Waals surface area contributed by atoms with Crippen molar-refractivity contribution in [1.29, 1.82) is 0 Å². The molecule has 2 unspecified atom stereocenters. The molecule has 1 rings (SSSR count). The van der Waals surface area contributed by atoms with Crippen LogP contribution in [0.5, 0.6) is 0 Å². The van der Waals surface area contributed by atoms with Gasteiger partial charge in [-0.05, 0) is 24.2 Å². The first kappa shape index (κ1) is 13.0. The van der Waals surface area contributed by atoms with Crippen molar-refractivity contribution in [2.75, 3.05) is 13.7 Å². The average Bonchev–Trinajstić information content (AvgIpc) is 2.45. The van der Waals surface area contributed by atoms with Crippen molar-refractivity contribution in [2.45, 2.75) is 59.0 Å². The molecule has 0 aliphatic heterocycles. The van der Waals surface area contributed by atoms with Gasteiger partial charge in [-0.3, -0.25) is 0 Å². The maximum atomic E-state index is 5.28. The molecule has 2 heteroatoms. The van der Waals surface area contributed by atoms with E-state index in [1.165, 1.54) is 19.3 Å². The predicted molar refractivity (Wildman–Crippen MR) is 65.1 cm³/mol. The Balaban J connectivity index is 2.50. The van der Waals surface area contributed by atoms with E-state index in [-0.39, 0.29) is 0 Å². The molecule has 0 aromatic carbocycles. The summed E-state index contributed by atoms with van der Waals surface area (Å²) < 4.78 is 5.28. The summed E-state index contributed by atoms with van der Waals surface area (Å²) in [5, 5.41) is 3.78. The number of rotatable bonds is 5. The first-order valence-electron chi connectivity index (χ1n) is 6.22. The molecule has 0 spiro atoms. The van der Waals surface area contributed by atoms with Crippen LogP contribution in [0.2, 0.25) is 0 Å². The third kappa shape index (κ3) is 3.46. The Kier molecular flexibility index (Phi) is 4.60. The molecule has 1 saturated carbocycles. The van der Waals surface area contributed by atoms with Gasteiger partial charge in [0.25, 0.3) is 0 Å². The third-order valence-corrected chi connectivity index (χ3v) is 3.82. The van der Waals surface area contributed by atoms with Gasteiger partial charge in [0.2, 0.25) is 0 Å². The molecule has 1 N–H and O–H groups in total. The number of ether oxygens (including phenoxy) is 1. The van der Waals surface area contributed by atoms with Crippen LogP contribution in [0, 0.1) is 11.3 Å². The van der Waals surface area contributed by atoms with Gasteiger partial charge in [0.05, 0.1) is 6.61 Å². The molecule has 0 radical (unpaired) electrons. The minimum Gasteiger partial charge on any atom is -0.383 e. The van der Waals surface area contributed by atoms with Crippen molar-refractivity contribution in [1.82, 2.24) is 5.32 Å². The number of hydrogen-bond donors (Lipinski definition) is 1. The number of hydrogen-bond acceptors (Lipinski definition) is 2. The zero-order valence-electron chi connectivity index (χ0n) is 11.0. The molecule has 2 nitrogen and oxygen atoms in total. The summed E-state index contributed by atoms with van der Waals surface area (Å²) in [6, 6.07) is 1.16. The standard InChI is InChI=1S/C13H27NO/c1-10(2)11(9-15-5)14-12-7-6-8-13(12,3)4/h10-12,14H,6-9H2,1-5H3. The van der Waals surface area contributed by atoms with Gasteiger partial charge in [0.15, 0.2) is 0 Å². The van der Waals surface area contributed by atoms with Crippen molar-refractivity contribution in [3.05, 3.63) is 0 Å². The lowest BCUT2D eigenvalue weighted by Gasteiger charge is -2.33. The molecule has 1 aliphatic rings. The Morgan fingerprint density at radius 3 is 2.47 bits per heavy atom. The third-order valence-electron chi connectivity index (χ3n) is 3.82. The summed E-state index contributed by atoms with van der Waals surface area (Å²) >= 11 is 0. The Bertz CT molecular complexity index is 189. The Labute approximate surface area is 94.8 Å². The van der Waals surface area contributed by atoms with Gasteiger partial charge in [0, 0.05) is 19.2 Å². The molecule has 0 bridgehead atoms. The number of methoxy groups -OCH3 is 1. The van der Waals surface area contributed by atoms with Crippen LogP contribution in [0.25, 0.3) is 0 Å². The van der Waals surface area contributed by atoms with Crippen LogP contribution in [0.3, 0.4) is 0 Å². The summed E-state index contributed by atoms with van der Waals surface area (Å²) in [6.07, 6.45) is 4.03. The fourth-order valence-electron chi connectivity index (χ4n) is 2.51.